The third kappa shape index (κ3) is 7.84. The Hall–Kier alpha value is -0.0400. The third-order valence-corrected chi connectivity index (χ3v) is 3.51. The maximum absolute atomic E-state index is 9.22. The first-order valence-electron chi connectivity index (χ1n) is 6.72. The molecule has 0 radical (unpaired) electrons. The summed E-state index contributed by atoms with van der Waals surface area (Å²) >= 11 is 0. The Labute approximate surface area is 96.3 Å². The van der Waals surface area contributed by atoms with Gasteiger partial charge in [0.25, 0.3) is 0 Å². The van der Waals surface area contributed by atoms with Crippen LogP contribution in [0.4, 0.5) is 0 Å². The monoisotopic (exact) mass is 214 g/mol. The summed E-state index contributed by atoms with van der Waals surface area (Å²) in [7, 11) is 0. The minimum atomic E-state index is 0.360. The van der Waals surface area contributed by atoms with Crippen molar-refractivity contribution in [2.75, 3.05) is 6.61 Å². The summed E-state index contributed by atoms with van der Waals surface area (Å²) < 4.78 is 0. The van der Waals surface area contributed by atoms with Crippen molar-refractivity contribution in [1.29, 1.82) is 0 Å². The van der Waals surface area contributed by atoms with E-state index in [0.29, 0.717) is 18.4 Å². The van der Waals surface area contributed by atoms with Gasteiger partial charge in [0.05, 0.1) is 0 Å². The summed E-state index contributed by atoms with van der Waals surface area (Å²) in [6.45, 7) is 9.39. The lowest BCUT2D eigenvalue weighted by atomic mass is 9.87. The first kappa shape index (κ1) is 15.0. The minimum absolute atomic E-state index is 0.360. The molecule has 0 saturated carbocycles. The second kappa shape index (κ2) is 9.21. The fraction of sp³-hybridized carbons (Fsp3) is 1.00. The molecule has 0 fully saturated rings. The zero-order chi connectivity index (χ0) is 11.7. The Morgan fingerprint density at radius 1 is 0.933 bits per heavy atom. The number of hydrogen-bond donors (Lipinski definition) is 1. The van der Waals surface area contributed by atoms with Gasteiger partial charge in [-0.2, -0.15) is 0 Å². The van der Waals surface area contributed by atoms with Crippen molar-refractivity contribution in [2.24, 2.45) is 17.8 Å². The normalized spacial score (nSPS) is 15.6. The first-order valence-corrected chi connectivity index (χ1v) is 6.72. The van der Waals surface area contributed by atoms with Crippen molar-refractivity contribution in [3.8, 4) is 0 Å². The van der Waals surface area contributed by atoms with Gasteiger partial charge in [-0.25, -0.2) is 0 Å². The molecule has 2 atom stereocenters. The molecule has 1 nitrogen and oxygen atoms in total. The van der Waals surface area contributed by atoms with Crippen LogP contribution >= 0.6 is 0 Å². The molecule has 0 aliphatic carbocycles. The fourth-order valence-electron chi connectivity index (χ4n) is 2.02. The Morgan fingerprint density at radius 2 is 1.60 bits per heavy atom. The second-order valence-corrected chi connectivity index (χ2v) is 5.36. The van der Waals surface area contributed by atoms with Crippen LogP contribution in [0.3, 0.4) is 0 Å². The van der Waals surface area contributed by atoms with Crippen LogP contribution in [-0.4, -0.2) is 11.7 Å². The Kier molecular flexibility index (Phi) is 9.18. The highest BCUT2D eigenvalue weighted by Gasteiger charge is 2.13. The quantitative estimate of drug-likeness (QED) is 0.569. The zero-order valence-electron chi connectivity index (χ0n) is 11.1. The molecule has 0 aromatic carbocycles. The summed E-state index contributed by atoms with van der Waals surface area (Å²) in [5, 5.41) is 9.22. The van der Waals surface area contributed by atoms with E-state index in [1.165, 1.54) is 38.5 Å². The van der Waals surface area contributed by atoms with Gasteiger partial charge in [0, 0.05) is 6.61 Å². The summed E-state index contributed by atoms with van der Waals surface area (Å²) in [6.07, 6.45) is 7.91. The van der Waals surface area contributed by atoms with Crippen molar-refractivity contribution in [1.82, 2.24) is 0 Å². The van der Waals surface area contributed by atoms with Crippen molar-refractivity contribution < 1.29 is 5.11 Å². The molecular weight excluding hydrogens is 184 g/mol. The van der Waals surface area contributed by atoms with Crippen LogP contribution in [0.15, 0.2) is 0 Å². The summed E-state index contributed by atoms with van der Waals surface area (Å²) in [5.74, 6) is 1.97. The lowest BCUT2D eigenvalue weighted by Crippen LogP contribution is -2.14. The largest absolute Gasteiger partial charge is 0.396 e. The Bertz CT molecular complexity index is 131. The third-order valence-electron chi connectivity index (χ3n) is 3.51. The van der Waals surface area contributed by atoms with Crippen LogP contribution in [0.25, 0.3) is 0 Å². The number of hydrogen-bond acceptors (Lipinski definition) is 1. The first-order chi connectivity index (χ1) is 7.11. The number of unbranched alkanes of at least 4 members (excludes halogenated alkanes) is 2. The molecule has 1 N–H and O–H groups in total. The van der Waals surface area contributed by atoms with Crippen LogP contribution in [0, 0.1) is 17.8 Å². The SMILES string of the molecule is CCCCCC(C)CCC(CO)C(C)C. The average molecular weight is 214 g/mol. The maximum atomic E-state index is 9.22. The van der Waals surface area contributed by atoms with Gasteiger partial charge in [-0.1, -0.05) is 59.8 Å². The van der Waals surface area contributed by atoms with E-state index >= 15 is 0 Å². The molecule has 0 spiro atoms. The van der Waals surface area contributed by atoms with Crippen LogP contribution < -0.4 is 0 Å². The number of rotatable bonds is 9. The van der Waals surface area contributed by atoms with Crippen LogP contribution in [0.5, 0.6) is 0 Å². The van der Waals surface area contributed by atoms with Gasteiger partial charge < -0.3 is 5.11 Å². The zero-order valence-corrected chi connectivity index (χ0v) is 11.1. The van der Waals surface area contributed by atoms with Gasteiger partial charge in [-0.15, -0.1) is 0 Å². The molecule has 0 rings (SSSR count). The summed E-state index contributed by atoms with van der Waals surface area (Å²) in [6, 6.07) is 0. The van der Waals surface area contributed by atoms with Gasteiger partial charge in [0.15, 0.2) is 0 Å². The molecule has 0 aliphatic rings. The molecule has 15 heavy (non-hydrogen) atoms. The molecule has 0 aromatic heterocycles. The van der Waals surface area contributed by atoms with Crippen LogP contribution in [0.2, 0.25) is 0 Å². The highest BCUT2D eigenvalue weighted by Crippen LogP contribution is 2.22. The van der Waals surface area contributed by atoms with E-state index in [1.54, 1.807) is 0 Å². The van der Waals surface area contributed by atoms with Gasteiger partial charge in [-0.3, -0.25) is 0 Å². The average Bonchev–Trinajstić information content (AvgIpc) is 2.18. The van der Waals surface area contributed by atoms with Gasteiger partial charge in [-0.05, 0) is 24.2 Å². The Balaban J connectivity index is 3.54. The fourth-order valence-corrected chi connectivity index (χ4v) is 2.02. The molecule has 92 valence electrons. The van der Waals surface area contributed by atoms with E-state index in [4.69, 9.17) is 0 Å². The molecule has 0 amide bonds. The lowest BCUT2D eigenvalue weighted by Gasteiger charge is -2.20. The van der Waals surface area contributed by atoms with Crippen LogP contribution in [-0.2, 0) is 0 Å². The highest BCUT2D eigenvalue weighted by atomic mass is 16.3. The van der Waals surface area contributed by atoms with E-state index in [1.807, 2.05) is 0 Å². The summed E-state index contributed by atoms with van der Waals surface area (Å²) in [5.41, 5.74) is 0. The van der Waals surface area contributed by atoms with E-state index in [-0.39, 0.29) is 0 Å². The van der Waals surface area contributed by atoms with E-state index in [0.717, 1.165) is 5.92 Å². The van der Waals surface area contributed by atoms with Gasteiger partial charge >= 0.3 is 0 Å². The second-order valence-electron chi connectivity index (χ2n) is 5.36. The predicted molar refractivity (Wildman–Crippen MR) is 68.0 cm³/mol. The molecule has 2 unspecified atom stereocenters. The van der Waals surface area contributed by atoms with E-state index in [9.17, 15) is 5.11 Å². The molecule has 1 heteroatoms. The van der Waals surface area contributed by atoms with Gasteiger partial charge in [0.2, 0.25) is 0 Å². The molecule has 0 aromatic rings. The van der Waals surface area contributed by atoms with E-state index < -0.39 is 0 Å². The number of aliphatic hydroxyl groups excluding tert-OH is 1. The minimum Gasteiger partial charge on any atom is -0.396 e. The summed E-state index contributed by atoms with van der Waals surface area (Å²) in [4.78, 5) is 0. The molecule has 0 saturated heterocycles. The highest BCUT2D eigenvalue weighted by molar-refractivity contribution is 4.64. The van der Waals surface area contributed by atoms with Crippen molar-refractivity contribution in [3.63, 3.8) is 0 Å². The van der Waals surface area contributed by atoms with Crippen molar-refractivity contribution in [3.05, 3.63) is 0 Å². The van der Waals surface area contributed by atoms with Crippen molar-refractivity contribution >= 4 is 0 Å². The molecule has 0 heterocycles. The predicted octanol–water partition coefficient (Wildman–Crippen LogP) is 4.25. The lowest BCUT2D eigenvalue weighted by molar-refractivity contribution is 0.173. The topological polar surface area (TPSA) is 20.2 Å². The Morgan fingerprint density at radius 3 is 2.07 bits per heavy atom. The molecule has 0 bridgehead atoms. The maximum Gasteiger partial charge on any atom is 0.0461 e. The smallest absolute Gasteiger partial charge is 0.0461 e. The van der Waals surface area contributed by atoms with Crippen molar-refractivity contribution in [2.45, 2.75) is 66.2 Å². The standard InChI is InChI=1S/C14H30O/c1-5-6-7-8-13(4)9-10-14(11-15)12(2)3/h12-15H,5-11H2,1-4H3. The van der Waals surface area contributed by atoms with Gasteiger partial charge in [0.1, 0.15) is 0 Å². The molecular formula is C14H30O. The number of aliphatic hydroxyl groups is 1. The van der Waals surface area contributed by atoms with E-state index in [2.05, 4.69) is 27.7 Å². The molecule has 0 aliphatic heterocycles. The van der Waals surface area contributed by atoms with Crippen LogP contribution in [0.1, 0.15) is 66.2 Å².